The van der Waals surface area contributed by atoms with Crippen LogP contribution in [0.25, 0.3) is 0 Å². The average Bonchev–Trinajstić information content (AvgIpc) is 3.09. The number of amides is 1. The van der Waals surface area contributed by atoms with Gasteiger partial charge < -0.3 is 16.4 Å². The van der Waals surface area contributed by atoms with E-state index in [0.717, 1.165) is 24.1 Å². The van der Waals surface area contributed by atoms with Crippen LogP contribution < -0.4 is 16.4 Å². The number of carbonyl (C=O) groups is 1. The molecule has 1 fully saturated rings. The van der Waals surface area contributed by atoms with Crippen LogP contribution in [0.1, 0.15) is 24.8 Å². The maximum absolute atomic E-state index is 11.5. The largest absolute Gasteiger partial charge is 0.398 e. The van der Waals surface area contributed by atoms with Gasteiger partial charge in [-0.15, -0.1) is 0 Å². The highest BCUT2D eigenvalue weighted by Gasteiger charge is 2.22. The van der Waals surface area contributed by atoms with E-state index in [1.807, 2.05) is 13.0 Å². The van der Waals surface area contributed by atoms with E-state index < -0.39 is 0 Å². The highest BCUT2D eigenvalue weighted by molar-refractivity contribution is 6.33. The molecule has 0 atom stereocenters. The molecule has 98 valence electrons. The van der Waals surface area contributed by atoms with E-state index in [2.05, 4.69) is 10.6 Å². The zero-order valence-electron chi connectivity index (χ0n) is 10.4. The van der Waals surface area contributed by atoms with Crippen LogP contribution in [0.3, 0.4) is 0 Å². The topological polar surface area (TPSA) is 67.1 Å². The average molecular weight is 268 g/mol. The first-order valence-corrected chi connectivity index (χ1v) is 6.53. The monoisotopic (exact) mass is 267 g/mol. The lowest BCUT2D eigenvalue weighted by Crippen LogP contribution is -2.27. The van der Waals surface area contributed by atoms with Crippen LogP contribution in [0.15, 0.2) is 12.1 Å². The van der Waals surface area contributed by atoms with Gasteiger partial charge in [0.05, 0.1) is 10.7 Å². The summed E-state index contributed by atoms with van der Waals surface area (Å²) in [6.45, 7) is 2.55. The molecule has 4 N–H and O–H groups in total. The fraction of sp³-hybridized carbons (Fsp3) is 0.462. The SMILES string of the molecule is Cc1cc(N)c(Cl)cc1NCCC(=O)NC1CC1. The Hall–Kier alpha value is -1.42. The molecule has 0 aliphatic heterocycles. The van der Waals surface area contributed by atoms with Crippen molar-refractivity contribution < 1.29 is 4.79 Å². The quantitative estimate of drug-likeness (QED) is 0.717. The number of nitrogen functional groups attached to an aromatic ring is 1. The van der Waals surface area contributed by atoms with Crippen molar-refractivity contribution in [2.45, 2.75) is 32.2 Å². The number of benzene rings is 1. The molecule has 0 saturated heterocycles. The van der Waals surface area contributed by atoms with Crippen molar-refractivity contribution >= 4 is 28.9 Å². The Labute approximate surface area is 112 Å². The van der Waals surface area contributed by atoms with Crippen LogP contribution in [0.4, 0.5) is 11.4 Å². The Morgan fingerprint density at radius 1 is 1.50 bits per heavy atom. The second-order valence-corrected chi connectivity index (χ2v) is 5.11. The van der Waals surface area contributed by atoms with Crippen LogP contribution >= 0.6 is 11.6 Å². The summed E-state index contributed by atoms with van der Waals surface area (Å²) in [5.74, 6) is 0.101. The number of nitrogens with one attached hydrogen (secondary N) is 2. The number of carbonyl (C=O) groups excluding carboxylic acids is 1. The lowest BCUT2D eigenvalue weighted by molar-refractivity contribution is -0.120. The van der Waals surface area contributed by atoms with Gasteiger partial charge in [0.2, 0.25) is 5.91 Å². The van der Waals surface area contributed by atoms with Gasteiger partial charge in [-0.1, -0.05) is 11.6 Å². The van der Waals surface area contributed by atoms with Gasteiger partial charge in [0.15, 0.2) is 0 Å². The lowest BCUT2D eigenvalue weighted by Gasteiger charge is -2.11. The van der Waals surface area contributed by atoms with E-state index >= 15 is 0 Å². The number of anilines is 2. The number of hydrogen-bond donors (Lipinski definition) is 3. The van der Waals surface area contributed by atoms with Crippen LogP contribution in [-0.2, 0) is 4.79 Å². The molecular weight excluding hydrogens is 250 g/mol. The van der Waals surface area contributed by atoms with Gasteiger partial charge in [-0.3, -0.25) is 4.79 Å². The second kappa shape index (κ2) is 5.48. The summed E-state index contributed by atoms with van der Waals surface area (Å²) in [5, 5.41) is 6.69. The normalized spacial score (nSPS) is 14.3. The smallest absolute Gasteiger partial charge is 0.221 e. The molecule has 1 aromatic rings. The molecular formula is C13H18ClN3O. The molecule has 0 heterocycles. The minimum absolute atomic E-state index is 0.101. The van der Waals surface area contributed by atoms with Gasteiger partial charge in [-0.25, -0.2) is 0 Å². The lowest BCUT2D eigenvalue weighted by atomic mass is 10.1. The molecule has 1 saturated carbocycles. The summed E-state index contributed by atoms with van der Waals surface area (Å²) in [6.07, 6.45) is 2.70. The number of hydrogen-bond acceptors (Lipinski definition) is 3. The third-order valence-corrected chi connectivity index (χ3v) is 3.28. The van der Waals surface area contributed by atoms with Gasteiger partial charge in [0, 0.05) is 24.7 Å². The van der Waals surface area contributed by atoms with Crippen molar-refractivity contribution in [3.8, 4) is 0 Å². The Kier molecular flexibility index (Phi) is 3.97. The number of rotatable bonds is 5. The molecule has 4 nitrogen and oxygen atoms in total. The summed E-state index contributed by atoms with van der Waals surface area (Å²) >= 11 is 5.96. The Morgan fingerprint density at radius 3 is 2.89 bits per heavy atom. The predicted octanol–water partition coefficient (Wildman–Crippen LogP) is 2.31. The highest BCUT2D eigenvalue weighted by atomic mass is 35.5. The van der Waals surface area contributed by atoms with Crippen LogP contribution in [0.5, 0.6) is 0 Å². The maximum Gasteiger partial charge on any atom is 0.221 e. The summed E-state index contributed by atoms with van der Waals surface area (Å²) < 4.78 is 0. The Balaban J connectivity index is 1.82. The minimum Gasteiger partial charge on any atom is -0.398 e. The fourth-order valence-corrected chi connectivity index (χ4v) is 1.90. The summed E-state index contributed by atoms with van der Waals surface area (Å²) in [7, 11) is 0. The third kappa shape index (κ3) is 3.53. The van der Waals surface area contributed by atoms with E-state index in [4.69, 9.17) is 17.3 Å². The molecule has 2 rings (SSSR count). The fourth-order valence-electron chi connectivity index (χ4n) is 1.73. The van der Waals surface area contributed by atoms with E-state index in [9.17, 15) is 4.79 Å². The van der Waals surface area contributed by atoms with Crippen molar-refractivity contribution in [2.24, 2.45) is 0 Å². The Morgan fingerprint density at radius 2 is 2.22 bits per heavy atom. The van der Waals surface area contributed by atoms with Crippen LogP contribution in [-0.4, -0.2) is 18.5 Å². The van der Waals surface area contributed by atoms with Crippen molar-refractivity contribution in [3.63, 3.8) is 0 Å². The van der Waals surface area contributed by atoms with E-state index in [1.165, 1.54) is 0 Å². The van der Waals surface area contributed by atoms with Crippen molar-refractivity contribution in [2.75, 3.05) is 17.6 Å². The van der Waals surface area contributed by atoms with Gasteiger partial charge in [-0.05, 0) is 37.5 Å². The summed E-state index contributed by atoms with van der Waals surface area (Å²) in [4.78, 5) is 11.5. The van der Waals surface area contributed by atoms with Crippen LogP contribution in [0, 0.1) is 6.92 Å². The van der Waals surface area contributed by atoms with Gasteiger partial charge in [0.25, 0.3) is 0 Å². The van der Waals surface area contributed by atoms with E-state index in [1.54, 1.807) is 6.07 Å². The van der Waals surface area contributed by atoms with E-state index in [0.29, 0.717) is 29.7 Å². The number of nitrogens with two attached hydrogens (primary N) is 1. The standard InChI is InChI=1S/C13H18ClN3O/c1-8-6-11(15)10(14)7-12(8)16-5-4-13(18)17-9-2-3-9/h6-7,9,16H,2-5,15H2,1H3,(H,17,18). The van der Waals surface area contributed by atoms with E-state index in [-0.39, 0.29) is 5.91 Å². The second-order valence-electron chi connectivity index (χ2n) is 4.71. The molecule has 0 radical (unpaired) electrons. The van der Waals surface area contributed by atoms with Gasteiger partial charge >= 0.3 is 0 Å². The predicted molar refractivity (Wildman–Crippen MR) is 74.9 cm³/mol. The molecule has 1 aliphatic carbocycles. The Bertz CT molecular complexity index is 458. The highest BCUT2D eigenvalue weighted by Crippen LogP contribution is 2.26. The zero-order chi connectivity index (χ0) is 13.1. The van der Waals surface area contributed by atoms with Gasteiger partial charge in [-0.2, -0.15) is 0 Å². The van der Waals surface area contributed by atoms with Crippen LogP contribution in [0.2, 0.25) is 5.02 Å². The van der Waals surface area contributed by atoms with Crippen molar-refractivity contribution in [3.05, 3.63) is 22.7 Å². The minimum atomic E-state index is 0.101. The molecule has 1 aliphatic rings. The molecule has 0 aromatic heterocycles. The maximum atomic E-state index is 11.5. The summed E-state index contributed by atoms with van der Waals surface area (Å²) in [6, 6.07) is 4.05. The molecule has 0 spiro atoms. The number of aryl methyl sites for hydroxylation is 1. The molecule has 0 bridgehead atoms. The first-order valence-electron chi connectivity index (χ1n) is 6.15. The first kappa shape index (κ1) is 13.0. The molecule has 5 heteroatoms. The molecule has 18 heavy (non-hydrogen) atoms. The van der Waals surface area contributed by atoms with Crippen molar-refractivity contribution in [1.82, 2.24) is 5.32 Å². The first-order chi connectivity index (χ1) is 8.56. The molecule has 1 aromatic carbocycles. The summed E-state index contributed by atoms with van der Waals surface area (Å²) in [5.41, 5.74) is 8.23. The zero-order valence-corrected chi connectivity index (χ0v) is 11.2. The number of halogens is 1. The van der Waals surface area contributed by atoms with Gasteiger partial charge in [0.1, 0.15) is 0 Å². The van der Waals surface area contributed by atoms with Crippen molar-refractivity contribution in [1.29, 1.82) is 0 Å². The third-order valence-electron chi connectivity index (χ3n) is 2.95. The molecule has 1 amide bonds. The molecule has 0 unspecified atom stereocenters.